The summed E-state index contributed by atoms with van der Waals surface area (Å²) >= 11 is 1.49. The number of aromatic nitrogens is 2. The van der Waals surface area contributed by atoms with Crippen molar-refractivity contribution in [3.05, 3.63) is 54.9 Å². The van der Waals surface area contributed by atoms with Crippen LogP contribution < -0.4 is 0 Å². The standard InChI is InChI=1S/C15H12N2O2S2/c1-21(18,19)12-7-8-14-13(9-12)15(17-10-16-14)20-11-5-3-2-4-6-11/h2-10H,1H3. The highest BCUT2D eigenvalue weighted by molar-refractivity contribution is 7.99. The van der Waals surface area contributed by atoms with Crippen LogP contribution in [0.4, 0.5) is 0 Å². The van der Waals surface area contributed by atoms with E-state index in [0.717, 1.165) is 20.8 Å². The molecule has 3 aromatic rings. The maximum absolute atomic E-state index is 11.7. The highest BCUT2D eigenvalue weighted by Gasteiger charge is 2.11. The van der Waals surface area contributed by atoms with E-state index in [-0.39, 0.29) is 4.90 Å². The van der Waals surface area contributed by atoms with Crippen LogP contribution in [0.5, 0.6) is 0 Å². The Morgan fingerprint density at radius 2 is 1.76 bits per heavy atom. The second-order valence-corrected chi connectivity index (χ2v) is 7.62. The zero-order valence-electron chi connectivity index (χ0n) is 11.2. The van der Waals surface area contributed by atoms with Crippen LogP contribution >= 0.6 is 11.8 Å². The molecule has 0 aliphatic carbocycles. The molecule has 0 radical (unpaired) electrons. The molecule has 4 nitrogen and oxygen atoms in total. The second kappa shape index (κ2) is 5.46. The molecule has 1 heterocycles. The van der Waals surface area contributed by atoms with Crippen LogP contribution in [0.15, 0.2) is 69.7 Å². The SMILES string of the molecule is CS(=O)(=O)c1ccc2ncnc(Sc3ccccc3)c2c1. The van der Waals surface area contributed by atoms with E-state index in [1.807, 2.05) is 30.3 Å². The first-order valence-corrected chi connectivity index (χ1v) is 8.92. The molecular weight excluding hydrogens is 304 g/mol. The number of sulfone groups is 1. The molecule has 106 valence electrons. The smallest absolute Gasteiger partial charge is 0.175 e. The number of benzene rings is 2. The van der Waals surface area contributed by atoms with Crippen LogP contribution in [0.1, 0.15) is 0 Å². The fourth-order valence-electron chi connectivity index (χ4n) is 1.92. The van der Waals surface area contributed by atoms with E-state index < -0.39 is 9.84 Å². The lowest BCUT2D eigenvalue weighted by Gasteiger charge is -2.06. The molecule has 0 aliphatic heterocycles. The van der Waals surface area contributed by atoms with Crippen LogP contribution in [0, 0.1) is 0 Å². The van der Waals surface area contributed by atoms with Crippen LogP contribution in [-0.4, -0.2) is 24.6 Å². The molecule has 0 saturated carbocycles. The predicted octanol–water partition coefficient (Wildman–Crippen LogP) is 3.18. The third-order valence-electron chi connectivity index (χ3n) is 2.96. The van der Waals surface area contributed by atoms with E-state index in [1.54, 1.807) is 18.2 Å². The van der Waals surface area contributed by atoms with Crippen molar-refractivity contribution < 1.29 is 8.42 Å². The monoisotopic (exact) mass is 316 g/mol. The Morgan fingerprint density at radius 3 is 2.48 bits per heavy atom. The van der Waals surface area contributed by atoms with Crippen molar-refractivity contribution in [2.75, 3.05) is 6.26 Å². The minimum atomic E-state index is -3.25. The van der Waals surface area contributed by atoms with Gasteiger partial charge < -0.3 is 0 Å². The highest BCUT2D eigenvalue weighted by atomic mass is 32.2. The van der Waals surface area contributed by atoms with Crippen molar-refractivity contribution in [1.82, 2.24) is 9.97 Å². The zero-order chi connectivity index (χ0) is 14.9. The maximum atomic E-state index is 11.7. The van der Waals surface area contributed by atoms with Crippen molar-refractivity contribution >= 4 is 32.5 Å². The Labute approximate surface area is 127 Å². The molecule has 21 heavy (non-hydrogen) atoms. The summed E-state index contributed by atoms with van der Waals surface area (Å²) in [5, 5.41) is 1.49. The van der Waals surface area contributed by atoms with Gasteiger partial charge in [0.1, 0.15) is 11.4 Å². The fourth-order valence-corrected chi connectivity index (χ4v) is 3.46. The maximum Gasteiger partial charge on any atom is 0.175 e. The summed E-state index contributed by atoms with van der Waals surface area (Å²) in [5.74, 6) is 0. The van der Waals surface area contributed by atoms with Crippen molar-refractivity contribution in [2.24, 2.45) is 0 Å². The molecule has 0 bridgehead atoms. The molecule has 0 aliphatic rings. The lowest BCUT2D eigenvalue weighted by molar-refractivity contribution is 0.602. The Kier molecular flexibility index (Phi) is 3.65. The van der Waals surface area contributed by atoms with E-state index in [0.29, 0.717) is 0 Å². The van der Waals surface area contributed by atoms with Gasteiger partial charge in [-0.2, -0.15) is 0 Å². The van der Waals surface area contributed by atoms with Gasteiger partial charge in [0.05, 0.1) is 10.4 Å². The van der Waals surface area contributed by atoms with E-state index in [1.165, 1.54) is 24.3 Å². The number of nitrogens with zero attached hydrogens (tertiary/aromatic N) is 2. The zero-order valence-corrected chi connectivity index (χ0v) is 12.9. The average Bonchev–Trinajstić information content (AvgIpc) is 2.47. The Hall–Kier alpha value is -1.92. The number of fused-ring (bicyclic) bond motifs is 1. The highest BCUT2D eigenvalue weighted by Crippen LogP contribution is 2.31. The summed E-state index contributed by atoms with van der Waals surface area (Å²) in [4.78, 5) is 9.79. The van der Waals surface area contributed by atoms with E-state index in [4.69, 9.17) is 0 Å². The summed E-state index contributed by atoms with van der Waals surface area (Å²) in [7, 11) is -3.25. The van der Waals surface area contributed by atoms with Gasteiger partial charge in [0.2, 0.25) is 0 Å². The van der Waals surface area contributed by atoms with Crippen LogP contribution in [-0.2, 0) is 9.84 Å². The normalized spacial score (nSPS) is 11.7. The van der Waals surface area contributed by atoms with Gasteiger partial charge in [0.15, 0.2) is 9.84 Å². The van der Waals surface area contributed by atoms with E-state index in [9.17, 15) is 8.42 Å². The lowest BCUT2D eigenvalue weighted by atomic mass is 10.2. The summed E-state index contributed by atoms with van der Waals surface area (Å²) in [5.41, 5.74) is 0.732. The Bertz CT molecular complexity index is 894. The molecule has 1 aromatic heterocycles. The molecule has 0 saturated heterocycles. The first kappa shape index (κ1) is 14.0. The van der Waals surface area contributed by atoms with Crippen LogP contribution in [0.2, 0.25) is 0 Å². The lowest BCUT2D eigenvalue weighted by Crippen LogP contribution is -1.97. The second-order valence-electron chi connectivity index (χ2n) is 4.55. The van der Waals surface area contributed by atoms with Gasteiger partial charge in [-0.05, 0) is 30.3 Å². The molecule has 0 spiro atoms. The molecule has 0 N–H and O–H groups in total. The Morgan fingerprint density at radius 1 is 1.00 bits per heavy atom. The summed E-state index contributed by atoms with van der Waals surface area (Å²) in [6, 6.07) is 14.7. The van der Waals surface area contributed by atoms with Gasteiger partial charge in [0.25, 0.3) is 0 Å². The third-order valence-corrected chi connectivity index (χ3v) is 5.09. The van der Waals surface area contributed by atoms with Gasteiger partial charge in [-0.3, -0.25) is 0 Å². The van der Waals surface area contributed by atoms with Crippen LogP contribution in [0.3, 0.4) is 0 Å². The van der Waals surface area contributed by atoms with Crippen molar-refractivity contribution in [1.29, 1.82) is 0 Å². The number of hydrogen-bond acceptors (Lipinski definition) is 5. The number of rotatable bonds is 3. The molecule has 0 atom stereocenters. The third kappa shape index (κ3) is 3.06. The van der Waals surface area contributed by atoms with Crippen molar-refractivity contribution in [3.63, 3.8) is 0 Å². The topological polar surface area (TPSA) is 59.9 Å². The molecule has 2 aromatic carbocycles. The molecular formula is C15H12N2O2S2. The minimum Gasteiger partial charge on any atom is -0.236 e. The van der Waals surface area contributed by atoms with E-state index >= 15 is 0 Å². The fraction of sp³-hybridized carbons (Fsp3) is 0.0667. The molecule has 0 amide bonds. The minimum absolute atomic E-state index is 0.278. The molecule has 0 fully saturated rings. The first-order valence-electron chi connectivity index (χ1n) is 6.22. The predicted molar refractivity (Wildman–Crippen MR) is 83.2 cm³/mol. The van der Waals surface area contributed by atoms with E-state index in [2.05, 4.69) is 9.97 Å². The largest absolute Gasteiger partial charge is 0.236 e. The molecule has 3 rings (SSSR count). The first-order chi connectivity index (χ1) is 10.0. The van der Waals surface area contributed by atoms with Gasteiger partial charge in [-0.25, -0.2) is 18.4 Å². The average molecular weight is 316 g/mol. The number of hydrogen-bond donors (Lipinski definition) is 0. The van der Waals surface area contributed by atoms with Gasteiger partial charge in [0, 0.05) is 16.5 Å². The van der Waals surface area contributed by atoms with Gasteiger partial charge in [-0.1, -0.05) is 30.0 Å². The van der Waals surface area contributed by atoms with Crippen molar-refractivity contribution in [2.45, 2.75) is 14.8 Å². The van der Waals surface area contributed by atoms with Gasteiger partial charge >= 0.3 is 0 Å². The molecule has 0 unspecified atom stereocenters. The summed E-state index contributed by atoms with van der Waals surface area (Å²) in [6.07, 6.45) is 2.69. The summed E-state index contributed by atoms with van der Waals surface area (Å²) < 4.78 is 23.4. The molecule has 6 heteroatoms. The van der Waals surface area contributed by atoms with Gasteiger partial charge in [-0.15, -0.1) is 0 Å². The van der Waals surface area contributed by atoms with Crippen molar-refractivity contribution in [3.8, 4) is 0 Å². The summed E-state index contributed by atoms with van der Waals surface area (Å²) in [6.45, 7) is 0. The quantitative estimate of drug-likeness (QED) is 0.695. The Balaban J connectivity index is 2.14. The van der Waals surface area contributed by atoms with Crippen LogP contribution in [0.25, 0.3) is 10.9 Å².